The van der Waals surface area contributed by atoms with Crippen LogP contribution in [0.3, 0.4) is 0 Å². The zero-order chi connectivity index (χ0) is 19.2. The van der Waals surface area contributed by atoms with E-state index < -0.39 is 24.1 Å². The van der Waals surface area contributed by atoms with Gasteiger partial charge in [-0.15, -0.1) is 0 Å². The minimum Gasteiger partial charge on any atom is -0.496 e. The first-order chi connectivity index (χ1) is 13.1. The number of hydrogen-bond donors (Lipinski definition) is 3. The average Bonchev–Trinajstić information content (AvgIpc) is 3.04. The number of fused-ring (bicyclic) bond motifs is 3. The van der Waals surface area contributed by atoms with E-state index in [0.717, 1.165) is 16.3 Å². The van der Waals surface area contributed by atoms with E-state index in [9.17, 15) is 15.3 Å². The maximum atomic E-state index is 10.9. The SMILES string of the molecule is COc1c2c(c(OC)c3ccccc13)[C@]1(OC2)O[C@H](CCO)C[C@H](O)[C@H]1O. The van der Waals surface area contributed by atoms with Gasteiger partial charge in [-0.25, -0.2) is 0 Å². The van der Waals surface area contributed by atoms with Crippen LogP contribution in [-0.4, -0.2) is 54.5 Å². The fourth-order valence-electron chi connectivity index (χ4n) is 4.29. The Morgan fingerprint density at radius 2 is 1.78 bits per heavy atom. The highest BCUT2D eigenvalue weighted by molar-refractivity contribution is 5.96. The summed E-state index contributed by atoms with van der Waals surface area (Å²) < 4.78 is 23.5. The van der Waals surface area contributed by atoms with E-state index in [4.69, 9.17) is 18.9 Å². The Morgan fingerprint density at radius 1 is 1.11 bits per heavy atom. The Hall–Kier alpha value is -1.90. The third-order valence-electron chi connectivity index (χ3n) is 5.46. The van der Waals surface area contributed by atoms with E-state index in [1.54, 1.807) is 14.2 Å². The van der Waals surface area contributed by atoms with Crippen molar-refractivity contribution in [3.8, 4) is 11.5 Å². The molecule has 2 aromatic rings. The second kappa shape index (κ2) is 6.92. The van der Waals surface area contributed by atoms with Crippen molar-refractivity contribution in [2.45, 2.75) is 43.5 Å². The molecular formula is C20H24O7. The summed E-state index contributed by atoms with van der Waals surface area (Å²) in [6, 6.07) is 7.64. The summed E-state index contributed by atoms with van der Waals surface area (Å²) in [7, 11) is 3.14. The number of hydrogen-bond acceptors (Lipinski definition) is 7. The van der Waals surface area contributed by atoms with Gasteiger partial charge in [0.05, 0.1) is 38.6 Å². The normalized spacial score (nSPS) is 29.9. The molecule has 146 valence electrons. The first-order valence-corrected chi connectivity index (χ1v) is 9.02. The monoisotopic (exact) mass is 376 g/mol. The smallest absolute Gasteiger partial charge is 0.229 e. The molecule has 2 aliphatic heterocycles. The summed E-state index contributed by atoms with van der Waals surface area (Å²) in [5, 5.41) is 32.3. The van der Waals surface area contributed by atoms with Gasteiger partial charge in [-0.2, -0.15) is 0 Å². The Morgan fingerprint density at radius 3 is 2.41 bits per heavy atom. The Bertz CT molecular complexity index is 852. The molecule has 2 heterocycles. The molecule has 1 spiro atoms. The fraction of sp³-hybridized carbons (Fsp3) is 0.500. The zero-order valence-electron chi connectivity index (χ0n) is 15.3. The number of aliphatic hydroxyl groups is 3. The lowest BCUT2D eigenvalue weighted by atomic mass is 9.86. The summed E-state index contributed by atoms with van der Waals surface area (Å²) in [6.45, 7) is 0.0594. The minimum atomic E-state index is -1.57. The van der Waals surface area contributed by atoms with Crippen LogP contribution in [0.5, 0.6) is 11.5 Å². The van der Waals surface area contributed by atoms with Crippen LogP contribution in [0.1, 0.15) is 24.0 Å². The fourth-order valence-corrected chi connectivity index (χ4v) is 4.29. The number of rotatable bonds is 4. The highest BCUT2D eigenvalue weighted by Gasteiger charge is 2.57. The van der Waals surface area contributed by atoms with Gasteiger partial charge in [-0.3, -0.25) is 0 Å². The van der Waals surface area contributed by atoms with Crippen LogP contribution in [0.2, 0.25) is 0 Å². The van der Waals surface area contributed by atoms with E-state index >= 15 is 0 Å². The van der Waals surface area contributed by atoms with Gasteiger partial charge in [0.25, 0.3) is 0 Å². The summed E-state index contributed by atoms with van der Waals surface area (Å²) in [5.41, 5.74) is 1.26. The van der Waals surface area contributed by atoms with Crippen molar-refractivity contribution in [3.05, 3.63) is 35.4 Å². The predicted octanol–water partition coefficient (Wildman–Crippen LogP) is 1.43. The van der Waals surface area contributed by atoms with Crippen molar-refractivity contribution in [1.29, 1.82) is 0 Å². The van der Waals surface area contributed by atoms with Gasteiger partial charge in [-0.1, -0.05) is 24.3 Å². The molecule has 3 N–H and O–H groups in total. The Labute approximate surface area is 157 Å². The van der Waals surface area contributed by atoms with Crippen molar-refractivity contribution >= 4 is 10.8 Å². The first kappa shape index (κ1) is 18.5. The summed E-state index contributed by atoms with van der Waals surface area (Å²) in [4.78, 5) is 0. The molecule has 0 aromatic heterocycles. The van der Waals surface area contributed by atoms with Gasteiger partial charge in [0, 0.05) is 29.4 Å². The maximum absolute atomic E-state index is 10.9. The largest absolute Gasteiger partial charge is 0.496 e. The van der Waals surface area contributed by atoms with E-state index in [1.165, 1.54) is 0 Å². The molecule has 0 bridgehead atoms. The third kappa shape index (κ3) is 2.61. The van der Waals surface area contributed by atoms with Crippen molar-refractivity contribution in [2.75, 3.05) is 20.8 Å². The van der Waals surface area contributed by atoms with Gasteiger partial charge in [0.1, 0.15) is 17.6 Å². The molecule has 0 unspecified atom stereocenters. The van der Waals surface area contributed by atoms with Crippen LogP contribution in [0.25, 0.3) is 10.8 Å². The topological polar surface area (TPSA) is 97.6 Å². The zero-order valence-corrected chi connectivity index (χ0v) is 15.3. The van der Waals surface area contributed by atoms with Crippen LogP contribution in [-0.2, 0) is 21.9 Å². The van der Waals surface area contributed by atoms with Crippen molar-refractivity contribution in [2.24, 2.45) is 0 Å². The molecule has 7 heteroatoms. The lowest BCUT2D eigenvalue weighted by Crippen LogP contribution is -2.56. The van der Waals surface area contributed by atoms with Gasteiger partial charge in [0.2, 0.25) is 5.79 Å². The Balaban J connectivity index is 1.98. The van der Waals surface area contributed by atoms with Crippen molar-refractivity contribution in [1.82, 2.24) is 0 Å². The van der Waals surface area contributed by atoms with E-state index in [2.05, 4.69) is 0 Å². The number of methoxy groups -OCH3 is 2. The highest BCUT2D eigenvalue weighted by atomic mass is 16.7. The Kier molecular flexibility index (Phi) is 4.73. The summed E-state index contributed by atoms with van der Waals surface area (Å²) >= 11 is 0. The molecule has 1 fully saturated rings. The standard InChI is InChI=1S/C20H24O7/c1-24-17-12-5-3-4-6-13(12)18(25-2)16-14(17)10-26-20(16)19(23)15(22)9-11(27-20)7-8-21/h3-6,11,15,19,21-23H,7-10H2,1-2H3/t11-,15+,19-,20+/m1/s1. The molecule has 2 aromatic carbocycles. The maximum Gasteiger partial charge on any atom is 0.229 e. The molecular weight excluding hydrogens is 352 g/mol. The van der Waals surface area contributed by atoms with Crippen LogP contribution < -0.4 is 9.47 Å². The summed E-state index contributed by atoms with van der Waals surface area (Å²) in [5.74, 6) is -0.419. The van der Waals surface area contributed by atoms with Crippen molar-refractivity contribution < 1.29 is 34.3 Å². The van der Waals surface area contributed by atoms with E-state index in [0.29, 0.717) is 23.5 Å². The van der Waals surface area contributed by atoms with Gasteiger partial charge < -0.3 is 34.3 Å². The number of ether oxygens (including phenoxy) is 4. The van der Waals surface area contributed by atoms with Crippen molar-refractivity contribution in [3.63, 3.8) is 0 Å². The van der Waals surface area contributed by atoms with Gasteiger partial charge in [-0.05, 0) is 6.42 Å². The van der Waals surface area contributed by atoms with Crippen LogP contribution >= 0.6 is 0 Å². The molecule has 0 amide bonds. The van der Waals surface area contributed by atoms with Gasteiger partial charge in [0.15, 0.2) is 0 Å². The van der Waals surface area contributed by atoms with Crippen LogP contribution in [0.4, 0.5) is 0 Å². The molecule has 0 aliphatic carbocycles. The second-order valence-electron chi connectivity index (χ2n) is 6.92. The molecule has 4 rings (SSSR count). The lowest BCUT2D eigenvalue weighted by Gasteiger charge is -2.44. The quantitative estimate of drug-likeness (QED) is 0.743. The lowest BCUT2D eigenvalue weighted by molar-refractivity contribution is -0.346. The van der Waals surface area contributed by atoms with E-state index in [-0.39, 0.29) is 19.6 Å². The highest BCUT2D eigenvalue weighted by Crippen LogP contribution is 2.55. The molecule has 0 saturated carbocycles. The van der Waals surface area contributed by atoms with Crippen LogP contribution in [0.15, 0.2) is 24.3 Å². The molecule has 0 radical (unpaired) electrons. The predicted molar refractivity (Wildman–Crippen MR) is 96.7 cm³/mol. The number of benzene rings is 2. The number of aliphatic hydroxyl groups excluding tert-OH is 3. The van der Waals surface area contributed by atoms with E-state index in [1.807, 2.05) is 24.3 Å². The average molecular weight is 376 g/mol. The van der Waals surface area contributed by atoms with Crippen LogP contribution in [0, 0.1) is 0 Å². The molecule has 1 saturated heterocycles. The second-order valence-corrected chi connectivity index (χ2v) is 6.92. The third-order valence-corrected chi connectivity index (χ3v) is 5.46. The van der Waals surface area contributed by atoms with Gasteiger partial charge >= 0.3 is 0 Å². The molecule has 27 heavy (non-hydrogen) atoms. The first-order valence-electron chi connectivity index (χ1n) is 9.02. The summed E-state index contributed by atoms with van der Waals surface area (Å²) in [6.07, 6.45) is -2.26. The molecule has 4 atom stereocenters. The minimum absolute atomic E-state index is 0.0887. The molecule has 2 aliphatic rings. The molecule has 7 nitrogen and oxygen atoms in total.